The summed E-state index contributed by atoms with van der Waals surface area (Å²) >= 11 is 8.16. The van der Waals surface area contributed by atoms with Crippen LogP contribution in [0, 0.1) is 5.92 Å². The molecule has 0 aromatic carbocycles. The molecule has 0 aliphatic carbocycles. The minimum absolute atomic E-state index is 0.0322. The van der Waals surface area contributed by atoms with Gasteiger partial charge in [0.15, 0.2) is 0 Å². The van der Waals surface area contributed by atoms with Crippen LogP contribution in [0.3, 0.4) is 0 Å². The zero-order valence-corrected chi connectivity index (χ0v) is 14.5. The summed E-state index contributed by atoms with van der Waals surface area (Å²) in [6.45, 7) is 6.35. The smallest absolute Gasteiger partial charge is 0.261 e. The zero-order valence-electron chi connectivity index (χ0n) is 10.5. The predicted octanol–water partition coefficient (Wildman–Crippen LogP) is 4.07. The van der Waals surface area contributed by atoms with Gasteiger partial charge in [-0.25, -0.2) is 0 Å². The van der Waals surface area contributed by atoms with Gasteiger partial charge in [0, 0.05) is 24.2 Å². The molecule has 1 rings (SSSR count). The second-order valence-electron chi connectivity index (χ2n) is 4.31. The van der Waals surface area contributed by atoms with E-state index in [0.717, 1.165) is 21.3 Å². The molecule has 0 spiro atoms. The van der Waals surface area contributed by atoms with Crippen molar-refractivity contribution < 1.29 is 9.53 Å². The molecular weight excluding hydrogens is 382 g/mol. The SMILES string of the molecule is CC(C)COCCCNC(=O)c1cc(Br)c(Br)s1. The quantitative estimate of drug-likeness (QED) is 0.703. The maximum Gasteiger partial charge on any atom is 0.261 e. The van der Waals surface area contributed by atoms with Gasteiger partial charge in [-0.2, -0.15) is 0 Å². The van der Waals surface area contributed by atoms with Crippen molar-refractivity contribution in [2.75, 3.05) is 19.8 Å². The Hall–Kier alpha value is 0.0900. The number of hydrogen-bond acceptors (Lipinski definition) is 3. The summed E-state index contributed by atoms with van der Waals surface area (Å²) in [6, 6.07) is 1.82. The Morgan fingerprint density at radius 3 is 2.78 bits per heavy atom. The number of hydrogen-bond donors (Lipinski definition) is 1. The molecule has 1 heterocycles. The number of nitrogens with one attached hydrogen (secondary N) is 1. The summed E-state index contributed by atoms with van der Waals surface area (Å²) in [5.74, 6) is 0.524. The van der Waals surface area contributed by atoms with E-state index in [9.17, 15) is 4.79 Å². The maximum atomic E-state index is 11.8. The third kappa shape index (κ3) is 5.82. The summed E-state index contributed by atoms with van der Waals surface area (Å²) in [6.07, 6.45) is 0.839. The van der Waals surface area contributed by atoms with Crippen molar-refractivity contribution >= 4 is 49.1 Å². The van der Waals surface area contributed by atoms with Crippen molar-refractivity contribution in [1.29, 1.82) is 0 Å². The Bertz CT molecular complexity index is 374. The van der Waals surface area contributed by atoms with E-state index < -0.39 is 0 Å². The molecule has 1 N–H and O–H groups in total. The van der Waals surface area contributed by atoms with Gasteiger partial charge in [0.25, 0.3) is 5.91 Å². The predicted molar refractivity (Wildman–Crippen MR) is 82.3 cm³/mol. The summed E-state index contributed by atoms with van der Waals surface area (Å²) in [4.78, 5) is 12.5. The van der Waals surface area contributed by atoms with E-state index in [1.54, 1.807) is 0 Å². The lowest BCUT2D eigenvalue weighted by Crippen LogP contribution is -2.24. The van der Waals surface area contributed by atoms with Gasteiger partial charge in [0.05, 0.1) is 8.66 Å². The van der Waals surface area contributed by atoms with E-state index in [0.29, 0.717) is 23.9 Å². The number of amides is 1. The molecule has 0 atom stereocenters. The summed E-state index contributed by atoms with van der Waals surface area (Å²) in [5, 5.41) is 2.88. The van der Waals surface area contributed by atoms with Crippen LogP contribution in [0.4, 0.5) is 0 Å². The Kier molecular flexibility index (Phi) is 7.44. The third-order valence-corrected chi connectivity index (χ3v) is 5.33. The molecule has 0 saturated carbocycles. The average molecular weight is 399 g/mol. The molecule has 0 unspecified atom stereocenters. The molecule has 3 nitrogen and oxygen atoms in total. The summed E-state index contributed by atoms with van der Waals surface area (Å²) < 4.78 is 7.29. The Morgan fingerprint density at radius 1 is 1.50 bits per heavy atom. The monoisotopic (exact) mass is 397 g/mol. The molecule has 1 aromatic heterocycles. The van der Waals surface area contributed by atoms with Crippen LogP contribution in [-0.4, -0.2) is 25.7 Å². The van der Waals surface area contributed by atoms with Crippen molar-refractivity contribution in [3.63, 3.8) is 0 Å². The first-order valence-electron chi connectivity index (χ1n) is 5.81. The molecule has 1 aromatic rings. The molecule has 1 amide bonds. The number of carbonyl (C=O) groups is 1. The average Bonchev–Trinajstić information content (AvgIpc) is 2.63. The lowest BCUT2D eigenvalue weighted by atomic mass is 10.2. The zero-order chi connectivity index (χ0) is 13.5. The van der Waals surface area contributed by atoms with Crippen LogP contribution < -0.4 is 5.32 Å². The van der Waals surface area contributed by atoms with Crippen molar-refractivity contribution in [3.05, 3.63) is 19.2 Å². The van der Waals surface area contributed by atoms with Gasteiger partial charge < -0.3 is 10.1 Å². The molecule has 0 bridgehead atoms. The number of halogens is 2. The van der Waals surface area contributed by atoms with Crippen LogP contribution >= 0.6 is 43.2 Å². The van der Waals surface area contributed by atoms with Gasteiger partial charge in [-0.3, -0.25) is 4.79 Å². The molecule has 0 aliphatic rings. The maximum absolute atomic E-state index is 11.8. The van der Waals surface area contributed by atoms with Gasteiger partial charge in [-0.1, -0.05) is 13.8 Å². The molecule has 0 fully saturated rings. The first kappa shape index (κ1) is 16.1. The fourth-order valence-corrected chi connectivity index (χ4v) is 3.19. The van der Waals surface area contributed by atoms with Crippen molar-refractivity contribution in [2.45, 2.75) is 20.3 Å². The Morgan fingerprint density at radius 2 is 2.22 bits per heavy atom. The highest BCUT2D eigenvalue weighted by Gasteiger charge is 2.11. The number of ether oxygens (including phenoxy) is 1. The highest BCUT2D eigenvalue weighted by atomic mass is 79.9. The number of rotatable bonds is 7. The second kappa shape index (κ2) is 8.30. The van der Waals surface area contributed by atoms with E-state index in [2.05, 4.69) is 51.0 Å². The number of thiophene rings is 1. The Balaban J connectivity index is 2.18. The second-order valence-corrected chi connectivity index (χ2v) is 7.53. The van der Waals surface area contributed by atoms with Crippen LogP contribution in [0.5, 0.6) is 0 Å². The minimum atomic E-state index is -0.0322. The molecular formula is C12H17Br2NO2S. The largest absolute Gasteiger partial charge is 0.381 e. The van der Waals surface area contributed by atoms with Crippen LogP contribution in [0.15, 0.2) is 14.3 Å². The van der Waals surface area contributed by atoms with Crippen LogP contribution in [0.1, 0.15) is 29.9 Å². The van der Waals surface area contributed by atoms with Gasteiger partial charge in [-0.15, -0.1) is 11.3 Å². The molecule has 102 valence electrons. The first-order chi connectivity index (χ1) is 8.50. The summed E-state index contributed by atoms with van der Waals surface area (Å²) in [5.41, 5.74) is 0. The van der Waals surface area contributed by atoms with Gasteiger partial charge >= 0.3 is 0 Å². The molecule has 18 heavy (non-hydrogen) atoms. The van der Waals surface area contributed by atoms with Crippen LogP contribution in [-0.2, 0) is 4.74 Å². The van der Waals surface area contributed by atoms with Gasteiger partial charge in [-0.05, 0) is 50.3 Å². The Labute approximate surface area is 129 Å². The van der Waals surface area contributed by atoms with E-state index in [4.69, 9.17) is 4.74 Å². The van der Waals surface area contributed by atoms with Crippen molar-refractivity contribution in [2.24, 2.45) is 5.92 Å². The van der Waals surface area contributed by atoms with Crippen molar-refractivity contribution in [3.8, 4) is 0 Å². The summed E-state index contributed by atoms with van der Waals surface area (Å²) in [7, 11) is 0. The van der Waals surface area contributed by atoms with Gasteiger partial charge in [0.2, 0.25) is 0 Å². The van der Waals surface area contributed by atoms with Crippen molar-refractivity contribution in [1.82, 2.24) is 5.32 Å². The first-order valence-corrected chi connectivity index (χ1v) is 8.21. The molecule has 0 saturated heterocycles. The number of carbonyl (C=O) groups excluding carboxylic acids is 1. The third-order valence-electron chi connectivity index (χ3n) is 2.07. The van der Waals surface area contributed by atoms with E-state index >= 15 is 0 Å². The van der Waals surface area contributed by atoms with Gasteiger partial charge in [0.1, 0.15) is 0 Å². The van der Waals surface area contributed by atoms with E-state index in [-0.39, 0.29) is 5.91 Å². The lowest BCUT2D eigenvalue weighted by molar-refractivity contribution is 0.0928. The van der Waals surface area contributed by atoms with E-state index in [1.807, 2.05) is 6.07 Å². The molecule has 0 radical (unpaired) electrons. The fraction of sp³-hybridized carbons (Fsp3) is 0.583. The standard InChI is InChI=1S/C12H17Br2NO2S/c1-8(2)7-17-5-3-4-15-12(16)10-6-9(13)11(14)18-10/h6,8H,3-5,7H2,1-2H3,(H,15,16). The molecule has 0 aliphatic heterocycles. The topological polar surface area (TPSA) is 38.3 Å². The fourth-order valence-electron chi connectivity index (χ4n) is 1.24. The molecule has 6 heteroatoms. The lowest BCUT2D eigenvalue weighted by Gasteiger charge is -2.07. The van der Waals surface area contributed by atoms with Crippen LogP contribution in [0.25, 0.3) is 0 Å². The van der Waals surface area contributed by atoms with Crippen LogP contribution in [0.2, 0.25) is 0 Å². The highest BCUT2D eigenvalue weighted by molar-refractivity contribution is 9.13. The minimum Gasteiger partial charge on any atom is -0.381 e. The van der Waals surface area contributed by atoms with E-state index in [1.165, 1.54) is 11.3 Å². The highest BCUT2D eigenvalue weighted by Crippen LogP contribution is 2.32. The normalized spacial score (nSPS) is 10.9.